The summed E-state index contributed by atoms with van der Waals surface area (Å²) in [7, 11) is 1.69. The first kappa shape index (κ1) is 12.0. The molecule has 0 aromatic heterocycles. The minimum Gasteiger partial charge on any atom is -0.392 e. The molecule has 0 saturated carbocycles. The van der Waals surface area contributed by atoms with Gasteiger partial charge in [-0.25, -0.2) is 0 Å². The Hall–Kier alpha value is -0.120. The average molecular weight is 202 g/mol. The second-order valence-electron chi connectivity index (χ2n) is 4.39. The van der Waals surface area contributed by atoms with Crippen LogP contribution in [0.3, 0.4) is 0 Å². The molecule has 0 aliphatic carbocycles. The van der Waals surface area contributed by atoms with Gasteiger partial charge < -0.3 is 14.6 Å². The van der Waals surface area contributed by atoms with Crippen LogP contribution >= 0.6 is 0 Å². The Bertz CT molecular complexity index is 161. The number of aliphatic hydroxyl groups excluding tert-OH is 1. The molecule has 84 valence electrons. The Kier molecular flexibility index (Phi) is 4.85. The summed E-state index contributed by atoms with van der Waals surface area (Å²) in [6, 6.07) is 0. The van der Waals surface area contributed by atoms with E-state index in [1.165, 1.54) is 0 Å². The van der Waals surface area contributed by atoms with Crippen molar-refractivity contribution in [3.8, 4) is 0 Å². The van der Waals surface area contributed by atoms with Crippen LogP contribution in [0.15, 0.2) is 0 Å². The number of methoxy groups -OCH3 is 1. The molecule has 14 heavy (non-hydrogen) atoms. The Morgan fingerprint density at radius 2 is 2.29 bits per heavy atom. The molecule has 4 atom stereocenters. The topological polar surface area (TPSA) is 38.7 Å². The first-order valence-electron chi connectivity index (χ1n) is 5.43. The number of hydrogen-bond acceptors (Lipinski definition) is 3. The van der Waals surface area contributed by atoms with Gasteiger partial charge in [-0.05, 0) is 25.7 Å². The Labute approximate surface area is 86.4 Å². The summed E-state index contributed by atoms with van der Waals surface area (Å²) in [4.78, 5) is 0. The highest BCUT2D eigenvalue weighted by molar-refractivity contribution is 4.79. The van der Waals surface area contributed by atoms with Crippen molar-refractivity contribution in [2.75, 3.05) is 20.3 Å². The molecule has 0 aromatic carbocycles. The standard InChI is InChI=1S/C11H22O3/c1-8(4-5-13-3)11(12)10-6-9(2)14-7-10/h8-12H,4-7H2,1-3H3. The van der Waals surface area contributed by atoms with Crippen LogP contribution in [0.4, 0.5) is 0 Å². The van der Waals surface area contributed by atoms with Gasteiger partial charge in [0.05, 0.1) is 18.8 Å². The second kappa shape index (κ2) is 5.69. The maximum atomic E-state index is 10.0. The summed E-state index contributed by atoms with van der Waals surface area (Å²) in [5, 5.41) is 10.0. The van der Waals surface area contributed by atoms with Gasteiger partial charge in [-0.3, -0.25) is 0 Å². The highest BCUT2D eigenvalue weighted by Gasteiger charge is 2.31. The summed E-state index contributed by atoms with van der Waals surface area (Å²) in [5.41, 5.74) is 0. The normalized spacial score (nSPS) is 31.7. The number of hydrogen-bond donors (Lipinski definition) is 1. The molecule has 0 amide bonds. The van der Waals surface area contributed by atoms with Crippen LogP contribution < -0.4 is 0 Å². The monoisotopic (exact) mass is 202 g/mol. The number of aliphatic hydroxyl groups is 1. The van der Waals surface area contributed by atoms with Crippen molar-refractivity contribution in [1.29, 1.82) is 0 Å². The minimum absolute atomic E-state index is 0.241. The van der Waals surface area contributed by atoms with Crippen LogP contribution in [0.25, 0.3) is 0 Å². The van der Waals surface area contributed by atoms with Gasteiger partial charge in [0, 0.05) is 19.6 Å². The lowest BCUT2D eigenvalue weighted by molar-refractivity contribution is 0.0336. The first-order valence-corrected chi connectivity index (χ1v) is 5.43. The fourth-order valence-electron chi connectivity index (χ4n) is 2.03. The predicted molar refractivity (Wildman–Crippen MR) is 55.2 cm³/mol. The lowest BCUT2D eigenvalue weighted by Gasteiger charge is -2.23. The molecule has 1 saturated heterocycles. The van der Waals surface area contributed by atoms with E-state index >= 15 is 0 Å². The molecule has 1 fully saturated rings. The molecule has 3 heteroatoms. The van der Waals surface area contributed by atoms with Crippen LogP contribution in [-0.4, -0.2) is 37.6 Å². The molecule has 0 radical (unpaired) electrons. The van der Waals surface area contributed by atoms with Crippen LogP contribution in [0.5, 0.6) is 0 Å². The van der Waals surface area contributed by atoms with Crippen molar-refractivity contribution in [1.82, 2.24) is 0 Å². The Balaban J connectivity index is 2.28. The lowest BCUT2D eigenvalue weighted by Crippen LogP contribution is -2.28. The highest BCUT2D eigenvalue weighted by Crippen LogP contribution is 2.27. The SMILES string of the molecule is COCCC(C)C(O)C1COC(C)C1. The van der Waals surface area contributed by atoms with Gasteiger partial charge in [0.15, 0.2) is 0 Å². The Morgan fingerprint density at radius 1 is 1.57 bits per heavy atom. The molecule has 0 bridgehead atoms. The summed E-state index contributed by atoms with van der Waals surface area (Å²) >= 11 is 0. The third-order valence-corrected chi connectivity index (χ3v) is 3.07. The Morgan fingerprint density at radius 3 is 2.79 bits per heavy atom. The van der Waals surface area contributed by atoms with Gasteiger partial charge in [0.25, 0.3) is 0 Å². The van der Waals surface area contributed by atoms with Crippen molar-refractivity contribution in [2.24, 2.45) is 11.8 Å². The summed E-state index contributed by atoms with van der Waals surface area (Å²) < 4.78 is 10.5. The third-order valence-electron chi connectivity index (χ3n) is 3.07. The van der Waals surface area contributed by atoms with E-state index in [0.717, 1.165) is 19.4 Å². The van der Waals surface area contributed by atoms with E-state index in [-0.39, 0.29) is 6.10 Å². The zero-order valence-corrected chi connectivity index (χ0v) is 9.40. The van der Waals surface area contributed by atoms with Crippen molar-refractivity contribution in [3.05, 3.63) is 0 Å². The van der Waals surface area contributed by atoms with Crippen LogP contribution in [0.1, 0.15) is 26.7 Å². The largest absolute Gasteiger partial charge is 0.392 e. The van der Waals surface area contributed by atoms with Gasteiger partial charge >= 0.3 is 0 Å². The van der Waals surface area contributed by atoms with E-state index < -0.39 is 0 Å². The molecule has 3 nitrogen and oxygen atoms in total. The summed E-state index contributed by atoms with van der Waals surface area (Å²) in [6.07, 6.45) is 1.97. The predicted octanol–water partition coefficient (Wildman–Crippen LogP) is 1.44. The molecular formula is C11H22O3. The van der Waals surface area contributed by atoms with Crippen LogP contribution in [0.2, 0.25) is 0 Å². The van der Waals surface area contributed by atoms with E-state index in [1.807, 2.05) is 0 Å². The maximum Gasteiger partial charge on any atom is 0.0617 e. The first-order chi connectivity index (χ1) is 6.65. The van der Waals surface area contributed by atoms with Crippen molar-refractivity contribution in [2.45, 2.75) is 38.9 Å². The average Bonchev–Trinajstić information content (AvgIpc) is 2.60. The minimum atomic E-state index is -0.241. The summed E-state index contributed by atoms with van der Waals surface area (Å²) in [6.45, 7) is 5.57. The third kappa shape index (κ3) is 3.23. The second-order valence-corrected chi connectivity index (χ2v) is 4.39. The number of ether oxygens (including phenoxy) is 2. The van der Waals surface area contributed by atoms with Gasteiger partial charge in [0.1, 0.15) is 0 Å². The van der Waals surface area contributed by atoms with Crippen molar-refractivity contribution >= 4 is 0 Å². The zero-order chi connectivity index (χ0) is 10.6. The maximum absolute atomic E-state index is 10.0. The smallest absolute Gasteiger partial charge is 0.0617 e. The van der Waals surface area contributed by atoms with E-state index in [0.29, 0.717) is 24.5 Å². The number of rotatable bonds is 5. The molecule has 1 heterocycles. The molecule has 0 spiro atoms. The fourth-order valence-corrected chi connectivity index (χ4v) is 2.03. The van der Waals surface area contributed by atoms with Crippen molar-refractivity contribution < 1.29 is 14.6 Å². The van der Waals surface area contributed by atoms with Crippen LogP contribution in [-0.2, 0) is 9.47 Å². The van der Waals surface area contributed by atoms with E-state index in [9.17, 15) is 5.11 Å². The quantitative estimate of drug-likeness (QED) is 0.733. The van der Waals surface area contributed by atoms with Gasteiger partial charge in [-0.2, -0.15) is 0 Å². The van der Waals surface area contributed by atoms with Crippen LogP contribution in [0, 0.1) is 11.8 Å². The molecule has 1 aliphatic heterocycles. The molecule has 1 rings (SSSR count). The fraction of sp³-hybridized carbons (Fsp3) is 1.00. The highest BCUT2D eigenvalue weighted by atomic mass is 16.5. The summed E-state index contributed by atoms with van der Waals surface area (Å²) in [5.74, 6) is 0.616. The molecule has 4 unspecified atom stereocenters. The van der Waals surface area contributed by atoms with E-state index in [4.69, 9.17) is 9.47 Å². The van der Waals surface area contributed by atoms with Gasteiger partial charge in [-0.15, -0.1) is 0 Å². The molecule has 0 aromatic rings. The van der Waals surface area contributed by atoms with E-state index in [1.54, 1.807) is 7.11 Å². The van der Waals surface area contributed by atoms with Crippen molar-refractivity contribution in [3.63, 3.8) is 0 Å². The van der Waals surface area contributed by atoms with Gasteiger partial charge in [-0.1, -0.05) is 6.92 Å². The molecule has 1 N–H and O–H groups in total. The van der Waals surface area contributed by atoms with Gasteiger partial charge in [0.2, 0.25) is 0 Å². The van der Waals surface area contributed by atoms with E-state index in [2.05, 4.69) is 13.8 Å². The molecule has 1 aliphatic rings. The molecular weight excluding hydrogens is 180 g/mol. The zero-order valence-electron chi connectivity index (χ0n) is 9.40. The lowest BCUT2D eigenvalue weighted by atomic mass is 9.88.